The van der Waals surface area contributed by atoms with Crippen LogP contribution in [-0.2, 0) is 0 Å². The highest BCUT2D eigenvalue weighted by molar-refractivity contribution is 6.34. The number of nitrogens with one attached hydrogen (secondary N) is 1. The smallest absolute Gasteiger partial charge is 0.257 e. The summed E-state index contributed by atoms with van der Waals surface area (Å²) in [7, 11) is 0. The molecule has 0 aromatic heterocycles. The van der Waals surface area contributed by atoms with Crippen molar-refractivity contribution in [3.8, 4) is 0 Å². The van der Waals surface area contributed by atoms with Crippen molar-refractivity contribution in [1.29, 1.82) is 0 Å². The molecule has 92 valence electrons. The highest BCUT2D eigenvalue weighted by Gasteiger charge is 2.10. The summed E-state index contributed by atoms with van der Waals surface area (Å²) in [5.74, 6) is -0.741. The Balaban J connectivity index is 2.24. The molecule has 0 atom stereocenters. The molecule has 2 aromatic rings. The van der Waals surface area contributed by atoms with Crippen LogP contribution in [0.15, 0.2) is 42.5 Å². The Labute approximate surface area is 109 Å². The number of carbonyl (C=O) groups excluding carboxylic acids is 1. The summed E-state index contributed by atoms with van der Waals surface area (Å²) in [6.07, 6.45) is 0. The molecule has 2 nitrogen and oxygen atoms in total. The topological polar surface area (TPSA) is 29.1 Å². The molecule has 0 aliphatic rings. The minimum Gasteiger partial charge on any atom is -0.322 e. The number of carbonyl (C=O) groups is 1. The second-order valence-corrected chi connectivity index (χ2v) is 4.36. The van der Waals surface area contributed by atoms with Gasteiger partial charge in [-0.3, -0.25) is 4.79 Å². The average Bonchev–Trinajstić information content (AvgIpc) is 2.27. The lowest BCUT2D eigenvalue weighted by Gasteiger charge is -2.07. The Morgan fingerprint density at radius 2 is 1.94 bits per heavy atom. The number of halogens is 2. The van der Waals surface area contributed by atoms with Gasteiger partial charge in [0.05, 0.1) is 10.6 Å². The van der Waals surface area contributed by atoms with Crippen LogP contribution in [0.2, 0.25) is 5.02 Å². The van der Waals surface area contributed by atoms with Crippen molar-refractivity contribution in [2.24, 2.45) is 0 Å². The van der Waals surface area contributed by atoms with Gasteiger partial charge in [0.25, 0.3) is 5.91 Å². The van der Waals surface area contributed by atoms with Crippen LogP contribution in [0.3, 0.4) is 0 Å². The van der Waals surface area contributed by atoms with E-state index in [0.717, 1.165) is 5.56 Å². The van der Waals surface area contributed by atoms with E-state index >= 15 is 0 Å². The number of aryl methyl sites for hydroxylation is 1. The molecule has 0 fully saturated rings. The normalized spacial score (nSPS) is 10.2. The third-order valence-corrected chi connectivity index (χ3v) is 2.75. The summed E-state index contributed by atoms with van der Waals surface area (Å²) in [6, 6.07) is 11.1. The maximum atomic E-state index is 13.2. The number of rotatable bonds is 2. The summed E-state index contributed by atoms with van der Waals surface area (Å²) in [4.78, 5) is 11.9. The molecular weight excluding hydrogens is 253 g/mol. The molecule has 0 unspecified atom stereocenters. The van der Waals surface area contributed by atoms with Crippen molar-refractivity contribution in [2.75, 3.05) is 5.32 Å². The number of hydrogen-bond acceptors (Lipinski definition) is 1. The number of benzene rings is 2. The molecule has 4 heteroatoms. The molecule has 0 heterocycles. The van der Waals surface area contributed by atoms with Crippen LogP contribution in [0.25, 0.3) is 0 Å². The lowest BCUT2D eigenvalue weighted by atomic mass is 10.2. The summed E-state index contributed by atoms with van der Waals surface area (Å²) in [6.45, 7) is 1.76. The van der Waals surface area contributed by atoms with Crippen LogP contribution in [0.4, 0.5) is 10.1 Å². The molecule has 0 aliphatic heterocycles. The van der Waals surface area contributed by atoms with Crippen LogP contribution in [0.5, 0.6) is 0 Å². The van der Waals surface area contributed by atoms with Gasteiger partial charge in [-0.2, -0.15) is 0 Å². The zero-order valence-corrected chi connectivity index (χ0v) is 10.5. The lowest BCUT2D eigenvalue weighted by molar-refractivity contribution is 0.102. The van der Waals surface area contributed by atoms with Crippen molar-refractivity contribution in [3.05, 3.63) is 64.4 Å². The molecule has 1 amide bonds. The Morgan fingerprint density at radius 1 is 1.22 bits per heavy atom. The third kappa shape index (κ3) is 2.87. The van der Waals surface area contributed by atoms with Gasteiger partial charge in [0.15, 0.2) is 0 Å². The maximum Gasteiger partial charge on any atom is 0.257 e. The Bertz CT molecular complexity index is 578. The molecule has 18 heavy (non-hydrogen) atoms. The first-order chi connectivity index (χ1) is 8.56. The molecule has 0 saturated carbocycles. The zero-order valence-electron chi connectivity index (χ0n) is 9.71. The molecule has 0 spiro atoms. The third-order valence-electron chi connectivity index (χ3n) is 2.42. The summed E-state index contributed by atoms with van der Waals surface area (Å²) in [5.41, 5.74) is 1.52. The Morgan fingerprint density at radius 3 is 2.61 bits per heavy atom. The summed E-state index contributed by atoms with van der Waals surface area (Å²) >= 11 is 5.91. The van der Waals surface area contributed by atoms with Crippen LogP contribution in [-0.4, -0.2) is 5.91 Å². The Kier molecular flexibility index (Phi) is 3.63. The first kappa shape index (κ1) is 12.6. The molecule has 0 bridgehead atoms. The molecule has 0 aliphatic carbocycles. The van der Waals surface area contributed by atoms with Gasteiger partial charge in [-0.15, -0.1) is 0 Å². The van der Waals surface area contributed by atoms with E-state index in [4.69, 9.17) is 11.6 Å². The molecular formula is C14H11ClFNO. The van der Waals surface area contributed by atoms with Crippen LogP contribution in [0.1, 0.15) is 15.9 Å². The predicted octanol–water partition coefficient (Wildman–Crippen LogP) is 4.04. The fourth-order valence-corrected chi connectivity index (χ4v) is 1.87. The SMILES string of the molecule is Cc1cc(F)cc(NC(=O)c2ccccc2Cl)c1. The average molecular weight is 264 g/mol. The fraction of sp³-hybridized carbons (Fsp3) is 0.0714. The minimum atomic E-state index is -0.385. The highest BCUT2D eigenvalue weighted by atomic mass is 35.5. The van der Waals surface area contributed by atoms with Crippen molar-refractivity contribution < 1.29 is 9.18 Å². The van der Waals surface area contributed by atoms with E-state index < -0.39 is 0 Å². The van der Waals surface area contributed by atoms with Crippen molar-refractivity contribution in [3.63, 3.8) is 0 Å². The number of hydrogen-bond donors (Lipinski definition) is 1. The van der Waals surface area contributed by atoms with Crippen LogP contribution >= 0.6 is 11.6 Å². The number of amides is 1. The van der Waals surface area contributed by atoms with Crippen molar-refractivity contribution in [1.82, 2.24) is 0 Å². The molecule has 2 aromatic carbocycles. The molecule has 0 saturated heterocycles. The standard InChI is InChI=1S/C14H11ClFNO/c1-9-6-10(16)8-11(7-9)17-14(18)12-4-2-3-5-13(12)15/h2-8H,1H3,(H,17,18). The van der Waals surface area contributed by atoms with E-state index in [1.807, 2.05) is 0 Å². The fourth-order valence-electron chi connectivity index (χ4n) is 1.65. The summed E-state index contributed by atoms with van der Waals surface area (Å²) < 4.78 is 13.2. The van der Waals surface area contributed by atoms with E-state index in [1.165, 1.54) is 12.1 Å². The van der Waals surface area contributed by atoms with E-state index in [-0.39, 0.29) is 11.7 Å². The molecule has 0 radical (unpaired) electrons. The van der Waals surface area contributed by atoms with Gasteiger partial charge in [-0.1, -0.05) is 23.7 Å². The van der Waals surface area contributed by atoms with Gasteiger partial charge < -0.3 is 5.32 Å². The van der Waals surface area contributed by atoms with E-state index in [9.17, 15) is 9.18 Å². The number of anilines is 1. The molecule has 1 N–H and O–H groups in total. The van der Waals surface area contributed by atoms with Gasteiger partial charge in [0.2, 0.25) is 0 Å². The summed E-state index contributed by atoms with van der Waals surface area (Å²) in [5, 5.41) is 2.98. The minimum absolute atomic E-state index is 0.356. The second-order valence-electron chi connectivity index (χ2n) is 3.95. The van der Waals surface area contributed by atoms with Gasteiger partial charge >= 0.3 is 0 Å². The first-order valence-electron chi connectivity index (χ1n) is 5.39. The van der Waals surface area contributed by atoms with Crippen molar-refractivity contribution >= 4 is 23.2 Å². The van der Waals surface area contributed by atoms with Gasteiger partial charge in [-0.05, 0) is 42.8 Å². The van der Waals surface area contributed by atoms with Gasteiger partial charge in [0.1, 0.15) is 5.82 Å². The molecule has 2 rings (SSSR count). The Hall–Kier alpha value is -1.87. The quantitative estimate of drug-likeness (QED) is 0.870. The van der Waals surface area contributed by atoms with E-state index in [0.29, 0.717) is 16.3 Å². The monoisotopic (exact) mass is 263 g/mol. The van der Waals surface area contributed by atoms with E-state index in [2.05, 4.69) is 5.32 Å². The van der Waals surface area contributed by atoms with Gasteiger partial charge in [-0.25, -0.2) is 4.39 Å². The van der Waals surface area contributed by atoms with E-state index in [1.54, 1.807) is 37.3 Å². The van der Waals surface area contributed by atoms with Crippen LogP contribution < -0.4 is 5.32 Å². The zero-order chi connectivity index (χ0) is 13.1. The predicted molar refractivity (Wildman–Crippen MR) is 70.5 cm³/mol. The van der Waals surface area contributed by atoms with Crippen molar-refractivity contribution in [2.45, 2.75) is 6.92 Å². The largest absolute Gasteiger partial charge is 0.322 e. The highest BCUT2D eigenvalue weighted by Crippen LogP contribution is 2.18. The lowest BCUT2D eigenvalue weighted by Crippen LogP contribution is -2.12. The van der Waals surface area contributed by atoms with Crippen LogP contribution in [0, 0.1) is 12.7 Å². The second kappa shape index (κ2) is 5.19. The first-order valence-corrected chi connectivity index (χ1v) is 5.77. The maximum absolute atomic E-state index is 13.2. The van der Waals surface area contributed by atoms with Gasteiger partial charge in [0, 0.05) is 5.69 Å².